The molecule has 1 N–H and O–H groups in total. The third kappa shape index (κ3) is 5.62. The second kappa shape index (κ2) is 9.28. The van der Waals surface area contributed by atoms with Crippen LogP contribution >= 0.6 is 11.3 Å². The van der Waals surface area contributed by atoms with E-state index in [1.54, 1.807) is 11.3 Å². The van der Waals surface area contributed by atoms with Crippen LogP contribution in [-0.4, -0.2) is 30.0 Å². The Morgan fingerprint density at radius 1 is 1.07 bits per heavy atom. The van der Waals surface area contributed by atoms with Crippen molar-refractivity contribution in [2.45, 2.75) is 26.2 Å². The summed E-state index contributed by atoms with van der Waals surface area (Å²) < 4.78 is 6.16. The van der Waals surface area contributed by atoms with Gasteiger partial charge in [-0.1, -0.05) is 36.4 Å². The molecule has 2 aromatic carbocycles. The molecule has 5 nitrogen and oxygen atoms in total. The minimum atomic E-state index is -0.386. The van der Waals surface area contributed by atoms with E-state index in [9.17, 15) is 9.59 Å². The number of nitrogens with zero attached hydrogens (tertiary/aromatic N) is 1. The fraction of sp³-hybridized carbons (Fsp3) is 0.286. The first kappa shape index (κ1) is 19.0. The molecule has 6 heteroatoms. The molecule has 0 atom stereocenters. The van der Waals surface area contributed by atoms with Gasteiger partial charge in [-0.25, -0.2) is 4.98 Å². The average molecular weight is 382 g/mol. The topological polar surface area (TPSA) is 68.3 Å². The van der Waals surface area contributed by atoms with Gasteiger partial charge in [-0.05, 0) is 36.6 Å². The van der Waals surface area contributed by atoms with E-state index < -0.39 is 0 Å². The predicted octanol–water partition coefficient (Wildman–Crippen LogP) is 3.44. The maximum absolute atomic E-state index is 11.9. The smallest absolute Gasteiger partial charge is 0.306 e. The van der Waals surface area contributed by atoms with Crippen molar-refractivity contribution in [3.63, 3.8) is 0 Å². The van der Waals surface area contributed by atoms with Crippen molar-refractivity contribution >= 4 is 33.4 Å². The third-order valence-corrected chi connectivity index (χ3v) is 5.32. The minimum absolute atomic E-state index is 0.219. The van der Waals surface area contributed by atoms with Gasteiger partial charge in [0.1, 0.15) is 0 Å². The van der Waals surface area contributed by atoms with E-state index >= 15 is 0 Å². The molecule has 1 heterocycles. The Kier molecular flexibility index (Phi) is 6.54. The number of thiazole rings is 1. The third-order valence-electron chi connectivity index (χ3n) is 4.22. The Bertz CT molecular complexity index is 903. The number of hydrogen-bond acceptors (Lipinski definition) is 5. The lowest BCUT2D eigenvalue weighted by molar-refractivity contribution is -0.148. The summed E-state index contributed by atoms with van der Waals surface area (Å²) in [6, 6.07) is 15.9. The number of esters is 1. The van der Waals surface area contributed by atoms with E-state index in [0.717, 1.165) is 21.6 Å². The molecule has 27 heavy (non-hydrogen) atoms. The van der Waals surface area contributed by atoms with Crippen LogP contribution in [0.3, 0.4) is 0 Å². The van der Waals surface area contributed by atoms with E-state index in [-0.39, 0.29) is 24.9 Å². The molecule has 0 saturated carbocycles. The van der Waals surface area contributed by atoms with Gasteiger partial charge in [-0.2, -0.15) is 0 Å². The Balaban J connectivity index is 1.34. The molecule has 0 spiro atoms. The molecule has 0 unspecified atom stereocenters. The van der Waals surface area contributed by atoms with E-state index in [2.05, 4.69) is 10.3 Å². The molecule has 0 aliphatic rings. The van der Waals surface area contributed by atoms with Crippen LogP contribution in [0.2, 0.25) is 0 Å². The first-order chi connectivity index (χ1) is 13.1. The number of aryl methyl sites for hydroxylation is 2. The molecule has 0 aliphatic heterocycles. The summed E-state index contributed by atoms with van der Waals surface area (Å²) in [5, 5.41) is 3.68. The molecular formula is C21H22N2O3S. The van der Waals surface area contributed by atoms with Crippen LogP contribution in [0.1, 0.15) is 22.6 Å². The largest absolute Gasteiger partial charge is 0.456 e. The second-order valence-corrected chi connectivity index (χ2v) is 7.38. The number of benzene rings is 2. The number of amides is 1. The number of carbonyl (C=O) groups is 2. The van der Waals surface area contributed by atoms with Crippen molar-refractivity contribution in [3.8, 4) is 0 Å². The summed E-state index contributed by atoms with van der Waals surface area (Å²) in [6.45, 7) is 2.32. The van der Waals surface area contributed by atoms with Gasteiger partial charge >= 0.3 is 5.97 Å². The highest BCUT2D eigenvalue weighted by Gasteiger charge is 2.10. The summed E-state index contributed by atoms with van der Waals surface area (Å²) in [5.41, 5.74) is 3.34. The number of ether oxygens (including phenoxy) is 1. The Morgan fingerprint density at radius 2 is 1.85 bits per heavy atom. The number of rotatable bonds is 8. The van der Waals surface area contributed by atoms with Crippen LogP contribution in [0.4, 0.5) is 0 Å². The molecule has 0 radical (unpaired) electrons. The van der Waals surface area contributed by atoms with Crippen molar-refractivity contribution in [3.05, 3.63) is 64.7 Å². The number of aromatic nitrogens is 1. The quantitative estimate of drug-likeness (QED) is 0.606. The van der Waals surface area contributed by atoms with Crippen molar-refractivity contribution in [2.24, 2.45) is 0 Å². The average Bonchev–Trinajstić information content (AvgIpc) is 3.09. The lowest BCUT2D eigenvalue weighted by Crippen LogP contribution is -2.30. The fourth-order valence-corrected chi connectivity index (χ4v) is 3.70. The molecule has 0 fully saturated rings. The molecule has 0 bridgehead atoms. The SMILES string of the molecule is Cc1ccccc1CCNC(=O)COC(=O)CCc1nc2ccccc2s1. The Morgan fingerprint density at radius 3 is 2.67 bits per heavy atom. The van der Waals surface area contributed by atoms with Gasteiger partial charge in [-0.15, -0.1) is 11.3 Å². The lowest BCUT2D eigenvalue weighted by Gasteiger charge is -2.08. The van der Waals surface area contributed by atoms with Crippen molar-refractivity contribution in [1.82, 2.24) is 10.3 Å². The van der Waals surface area contributed by atoms with Gasteiger partial charge in [0.2, 0.25) is 0 Å². The van der Waals surface area contributed by atoms with Gasteiger partial charge in [0.15, 0.2) is 6.61 Å². The highest BCUT2D eigenvalue weighted by atomic mass is 32.1. The highest BCUT2D eigenvalue weighted by Crippen LogP contribution is 2.22. The maximum Gasteiger partial charge on any atom is 0.306 e. The molecule has 140 valence electrons. The van der Waals surface area contributed by atoms with Crippen LogP contribution in [0.5, 0.6) is 0 Å². The normalized spacial score (nSPS) is 10.7. The molecule has 1 aromatic heterocycles. The summed E-state index contributed by atoms with van der Waals surface area (Å²) in [5.74, 6) is -0.666. The van der Waals surface area contributed by atoms with Crippen molar-refractivity contribution < 1.29 is 14.3 Å². The summed E-state index contributed by atoms with van der Waals surface area (Å²) in [6.07, 6.45) is 1.49. The molecule has 0 aliphatic carbocycles. The standard InChI is InChI=1S/C21H22N2O3S/c1-15-6-2-3-7-16(15)12-13-22-19(24)14-26-21(25)11-10-20-23-17-8-4-5-9-18(17)27-20/h2-9H,10-14H2,1H3,(H,22,24). The number of para-hydroxylation sites is 1. The predicted molar refractivity (Wildman–Crippen MR) is 107 cm³/mol. The van der Waals surface area contributed by atoms with Gasteiger partial charge in [-0.3, -0.25) is 9.59 Å². The monoisotopic (exact) mass is 382 g/mol. The van der Waals surface area contributed by atoms with Crippen LogP contribution in [0.15, 0.2) is 48.5 Å². The first-order valence-corrected chi connectivity index (χ1v) is 9.75. The van der Waals surface area contributed by atoms with E-state index in [1.807, 2.05) is 55.5 Å². The van der Waals surface area contributed by atoms with Gasteiger partial charge < -0.3 is 10.1 Å². The van der Waals surface area contributed by atoms with Crippen LogP contribution in [0.25, 0.3) is 10.2 Å². The fourth-order valence-electron chi connectivity index (χ4n) is 2.73. The molecule has 3 aromatic rings. The van der Waals surface area contributed by atoms with Gasteiger partial charge in [0.25, 0.3) is 5.91 Å². The Hall–Kier alpha value is -2.73. The summed E-state index contributed by atoms with van der Waals surface area (Å²) in [4.78, 5) is 28.2. The molecule has 3 rings (SSSR count). The summed E-state index contributed by atoms with van der Waals surface area (Å²) in [7, 11) is 0. The van der Waals surface area contributed by atoms with Crippen molar-refractivity contribution in [1.29, 1.82) is 0 Å². The zero-order valence-electron chi connectivity index (χ0n) is 15.2. The molecular weight excluding hydrogens is 360 g/mol. The summed E-state index contributed by atoms with van der Waals surface area (Å²) >= 11 is 1.58. The van der Waals surface area contributed by atoms with Gasteiger partial charge in [0.05, 0.1) is 21.6 Å². The number of carbonyl (C=O) groups excluding carboxylic acids is 2. The lowest BCUT2D eigenvalue weighted by atomic mass is 10.1. The van der Waals surface area contributed by atoms with Crippen LogP contribution < -0.4 is 5.32 Å². The van der Waals surface area contributed by atoms with Crippen LogP contribution in [-0.2, 0) is 27.2 Å². The highest BCUT2D eigenvalue weighted by molar-refractivity contribution is 7.18. The van der Waals surface area contributed by atoms with Crippen LogP contribution in [0, 0.1) is 6.92 Å². The molecule has 1 amide bonds. The number of fused-ring (bicyclic) bond motifs is 1. The van der Waals surface area contributed by atoms with Gasteiger partial charge in [0, 0.05) is 13.0 Å². The van der Waals surface area contributed by atoms with E-state index in [1.165, 1.54) is 11.1 Å². The van der Waals surface area contributed by atoms with Crippen molar-refractivity contribution in [2.75, 3.05) is 13.2 Å². The minimum Gasteiger partial charge on any atom is -0.456 e. The molecule has 0 saturated heterocycles. The Labute approximate surface area is 162 Å². The zero-order chi connectivity index (χ0) is 19.1. The maximum atomic E-state index is 11.9. The number of nitrogens with one attached hydrogen (secondary N) is 1. The van der Waals surface area contributed by atoms with E-state index in [0.29, 0.717) is 13.0 Å². The zero-order valence-corrected chi connectivity index (χ0v) is 16.1. The second-order valence-electron chi connectivity index (χ2n) is 6.26. The van der Waals surface area contributed by atoms with E-state index in [4.69, 9.17) is 4.74 Å². The number of hydrogen-bond donors (Lipinski definition) is 1. The first-order valence-electron chi connectivity index (χ1n) is 8.93.